The van der Waals surface area contributed by atoms with Crippen LogP contribution in [0.15, 0.2) is 12.1 Å². The Bertz CT molecular complexity index is 399. The maximum absolute atomic E-state index is 10.1. The Kier molecular flexibility index (Phi) is 9.16. The highest BCUT2D eigenvalue weighted by molar-refractivity contribution is 5.43. The Morgan fingerprint density at radius 1 is 0.762 bits per heavy atom. The van der Waals surface area contributed by atoms with E-state index in [1.54, 1.807) is 0 Å². The lowest BCUT2D eigenvalue weighted by Crippen LogP contribution is -1.96. The number of hydrogen-bond acceptors (Lipinski definition) is 2. The summed E-state index contributed by atoms with van der Waals surface area (Å²) in [5, 5.41) is 19.6. The number of hydrogen-bond donors (Lipinski definition) is 2. The molecule has 0 unspecified atom stereocenters. The van der Waals surface area contributed by atoms with E-state index in [9.17, 15) is 10.2 Å². The van der Waals surface area contributed by atoms with Gasteiger partial charge in [-0.2, -0.15) is 0 Å². The van der Waals surface area contributed by atoms with E-state index in [-0.39, 0.29) is 6.61 Å². The standard InChI is InChI=1S/C19H32O2/c1-3-5-7-8-9-10-11-16-13-17(12-6-4-2)19(21)18(14-16)15-20/h13-14,20-21H,3-12,15H2,1-2H3. The second-order valence-corrected chi connectivity index (χ2v) is 6.04. The summed E-state index contributed by atoms with van der Waals surface area (Å²) >= 11 is 0. The van der Waals surface area contributed by atoms with Crippen molar-refractivity contribution >= 4 is 0 Å². The highest BCUT2D eigenvalue weighted by atomic mass is 16.3. The van der Waals surface area contributed by atoms with Gasteiger partial charge in [0.25, 0.3) is 0 Å². The molecule has 120 valence electrons. The summed E-state index contributed by atoms with van der Waals surface area (Å²) in [6.07, 6.45) is 11.9. The van der Waals surface area contributed by atoms with Gasteiger partial charge in [0.2, 0.25) is 0 Å². The molecule has 0 bridgehead atoms. The van der Waals surface area contributed by atoms with Crippen molar-refractivity contribution in [3.8, 4) is 5.75 Å². The Hall–Kier alpha value is -1.02. The summed E-state index contributed by atoms with van der Waals surface area (Å²) in [6.45, 7) is 4.32. The molecule has 2 nitrogen and oxygen atoms in total. The fraction of sp³-hybridized carbons (Fsp3) is 0.684. The number of benzene rings is 1. The molecule has 0 saturated carbocycles. The van der Waals surface area contributed by atoms with Crippen LogP contribution in [0, 0.1) is 0 Å². The van der Waals surface area contributed by atoms with Gasteiger partial charge in [-0.25, -0.2) is 0 Å². The van der Waals surface area contributed by atoms with Crippen LogP contribution in [0.25, 0.3) is 0 Å². The molecule has 0 fully saturated rings. The van der Waals surface area contributed by atoms with Crippen molar-refractivity contribution in [2.24, 2.45) is 0 Å². The summed E-state index contributed by atoms with van der Waals surface area (Å²) in [7, 11) is 0. The third kappa shape index (κ3) is 6.52. The van der Waals surface area contributed by atoms with Crippen LogP contribution in [0.1, 0.15) is 81.9 Å². The van der Waals surface area contributed by atoms with Gasteiger partial charge in [0, 0.05) is 5.56 Å². The zero-order valence-corrected chi connectivity index (χ0v) is 13.8. The minimum absolute atomic E-state index is 0.0741. The fourth-order valence-electron chi connectivity index (χ4n) is 2.76. The van der Waals surface area contributed by atoms with Crippen molar-refractivity contribution in [3.63, 3.8) is 0 Å². The highest BCUT2D eigenvalue weighted by Gasteiger charge is 2.09. The lowest BCUT2D eigenvalue weighted by molar-refractivity contribution is 0.275. The van der Waals surface area contributed by atoms with Crippen LogP contribution in [-0.4, -0.2) is 10.2 Å². The summed E-state index contributed by atoms with van der Waals surface area (Å²) in [6, 6.07) is 4.10. The number of rotatable bonds is 11. The lowest BCUT2D eigenvalue weighted by atomic mass is 9.97. The molecule has 0 atom stereocenters. The molecule has 0 aromatic heterocycles. The van der Waals surface area contributed by atoms with E-state index in [1.807, 2.05) is 6.07 Å². The predicted molar refractivity (Wildman–Crippen MR) is 89.7 cm³/mol. The van der Waals surface area contributed by atoms with Gasteiger partial charge >= 0.3 is 0 Å². The van der Waals surface area contributed by atoms with Crippen LogP contribution in [0.5, 0.6) is 5.75 Å². The highest BCUT2D eigenvalue weighted by Crippen LogP contribution is 2.27. The van der Waals surface area contributed by atoms with Gasteiger partial charge in [-0.1, -0.05) is 58.4 Å². The van der Waals surface area contributed by atoms with E-state index in [2.05, 4.69) is 19.9 Å². The van der Waals surface area contributed by atoms with Gasteiger partial charge < -0.3 is 10.2 Å². The van der Waals surface area contributed by atoms with Crippen LogP contribution in [0.2, 0.25) is 0 Å². The number of aliphatic hydroxyl groups excluding tert-OH is 1. The van der Waals surface area contributed by atoms with Gasteiger partial charge in [0.1, 0.15) is 5.75 Å². The van der Waals surface area contributed by atoms with E-state index in [4.69, 9.17) is 0 Å². The topological polar surface area (TPSA) is 40.5 Å². The van der Waals surface area contributed by atoms with Crippen molar-refractivity contribution in [3.05, 3.63) is 28.8 Å². The maximum Gasteiger partial charge on any atom is 0.124 e. The second kappa shape index (κ2) is 10.7. The molecule has 0 aliphatic heterocycles. The van der Waals surface area contributed by atoms with E-state index in [0.717, 1.165) is 31.2 Å². The first kappa shape index (κ1) is 18.0. The Labute approximate surface area is 130 Å². The Balaban J connectivity index is 2.56. The number of unbranched alkanes of at least 4 members (excludes halogenated alkanes) is 6. The summed E-state index contributed by atoms with van der Waals surface area (Å²) in [5.74, 6) is 0.303. The predicted octanol–water partition coefficient (Wildman–Crippen LogP) is 5.13. The molecule has 0 heterocycles. The molecule has 0 saturated heterocycles. The van der Waals surface area contributed by atoms with Gasteiger partial charge in [0.05, 0.1) is 6.61 Å². The van der Waals surface area contributed by atoms with Gasteiger partial charge in [0.15, 0.2) is 0 Å². The Morgan fingerprint density at radius 2 is 1.38 bits per heavy atom. The van der Waals surface area contributed by atoms with Crippen LogP contribution in [-0.2, 0) is 19.4 Å². The zero-order valence-electron chi connectivity index (χ0n) is 13.8. The van der Waals surface area contributed by atoms with Crippen LogP contribution < -0.4 is 0 Å². The molecule has 0 aliphatic carbocycles. The molecule has 1 aromatic rings. The minimum atomic E-state index is -0.0741. The zero-order chi connectivity index (χ0) is 15.5. The molecule has 21 heavy (non-hydrogen) atoms. The van der Waals surface area contributed by atoms with Crippen molar-refractivity contribution in [1.29, 1.82) is 0 Å². The lowest BCUT2D eigenvalue weighted by Gasteiger charge is -2.12. The largest absolute Gasteiger partial charge is 0.507 e. The molecule has 0 amide bonds. The molecule has 1 aromatic carbocycles. The first-order chi connectivity index (χ1) is 10.2. The first-order valence-corrected chi connectivity index (χ1v) is 8.67. The van der Waals surface area contributed by atoms with Crippen molar-refractivity contribution < 1.29 is 10.2 Å². The molecule has 2 N–H and O–H groups in total. The van der Waals surface area contributed by atoms with Gasteiger partial charge in [-0.15, -0.1) is 0 Å². The molecular weight excluding hydrogens is 260 g/mol. The Morgan fingerprint density at radius 3 is 2.05 bits per heavy atom. The minimum Gasteiger partial charge on any atom is -0.507 e. The monoisotopic (exact) mass is 292 g/mol. The summed E-state index contributed by atoms with van der Waals surface area (Å²) in [4.78, 5) is 0. The van der Waals surface area contributed by atoms with Crippen LogP contribution >= 0.6 is 0 Å². The number of aliphatic hydroxyl groups is 1. The number of phenols is 1. The summed E-state index contributed by atoms with van der Waals surface area (Å²) in [5.41, 5.74) is 2.95. The van der Waals surface area contributed by atoms with E-state index >= 15 is 0 Å². The first-order valence-electron chi connectivity index (χ1n) is 8.67. The third-order valence-electron chi connectivity index (χ3n) is 4.12. The molecule has 0 spiro atoms. The molecule has 0 radical (unpaired) electrons. The van der Waals surface area contributed by atoms with Gasteiger partial charge in [-0.05, 0) is 42.9 Å². The summed E-state index contributed by atoms with van der Waals surface area (Å²) < 4.78 is 0. The quantitative estimate of drug-likeness (QED) is 0.555. The number of aryl methyl sites for hydroxylation is 2. The fourth-order valence-corrected chi connectivity index (χ4v) is 2.76. The van der Waals surface area contributed by atoms with E-state index in [0.29, 0.717) is 11.3 Å². The van der Waals surface area contributed by atoms with Crippen molar-refractivity contribution in [1.82, 2.24) is 0 Å². The van der Waals surface area contributed by atoms with Crippen LogP contribution in [0.4, 0.5) is 0 Å². The smallest absolute Gasteiger partial charge is 0.124 e. The maximum atomic E-state index is 10.1. The normalized spacial score (nSPS) is 11.0. The van der Waals surface area contributed by atoms with Crippen molar-refractivity contribution in [2.75, 3.05) is 0 Å². The second-order valence-electron chi connectivity index (χ2n) is 6.04. The molecule has 0 aliphatic rings. The molecule has 2 heteroatoms. The molecular formula is C19H32O2. The van der Waals surface area contributed by atoms with Crippen molar-refractivity contribution in [2.45, 2.75) is 84.7 Å². The average molecular weight is 292 g/mol. The number of aromatic hydroxyl groups is 1. The SMILES string of the molecule is CCCCCCCCc1cc(CO)c(O)c(CCCC)c1. The van der Waals surface area contributed by atoms with Crippen LogP contribution in [0.3, 0.4) is 0 Å². The van der Waals surface area contributed by atoms with E-state index in [1.165, 1.54) is 44.1 Å². The van der Waals surface area contributed by atoms with E-state index < -0.39 is 0 Å². The molecule has 1 rings (SSSR count). The third-order valence-corrected chi connectivity index (χ3v) is 4.12. The average Bonchev–Trinajstić information content (AvgIpc) is 2.50. The van der Waals surface area contributed by atoms with Gasteiger partial charge in [-0.3, -0.25) is 0 Å².